The number of fused-ring (bicyclic) bond motifs is 3. The maximum atomic E-state index is 12.0. The molecule has 0 aliphatic carbocycles. The SMILES string of the molecule is CC(CI)C(=O)OC(C)(C)CCOCc1cccc2ccc3ccccc3c12. The molecule has 28 heavy (non-hydrogen) atoms. The lowest BCUT2D eigenvalue weighted by molar-refractivity contribution is -0.161. The van der Waals surface area contributed by atoms with Crippen molar-refractivity contribution in [1.82, 2.24) is 0 Å². The summed E-state index contributed by atoms with van der Waals surface area (Å²) >= 11 is 2.21. The lowest BCUT2D eigenvalue weighted by Gasteiger charge is -2.26. The second-order valence-electron chi connectivity index (χ2n) is 7.84. The largest absolute Gasteiger partial charge is 0.459 e. The van der Waals surface area contributed by atoms with E-state index in [1.807, 2.05) is 20.8 Å². The summed E-state index contributed by atoms with van der Waals surface area (Å²) in [5.41, 5.74) is 0.658. The summed E-state index contributed by atoms with van der Waals surface area (Å²) in [6.07, 6.45) is 0.665. The van der Waals surface area contributed by atoms with Gasteiger partial charge in [0.05, 0.1) is 19.1 Å². The fraction of sp³-hybridized carbons (Fsp3) is 0.375. The van der Waals surface area contributed by atoms with Gasteiger partial charge in [0.2, 0.25) is 0 Å². The van der Waals surface area contributed by atoms with E-state index >= 15 is 0 Å². The van der Waals surface area contributed by atoms with E-state index in [0.29, 0.717) is 19.6 Å². The molecule has 0 saturated heterocycles. The molecule has 0 aliphatic rings. The van der Waals surface area contributed by atoms with Crippen molar-refractivity contribution in [3.63, 3.8) is 0 Å². The van der Waals surface area contributed by atoms with Gasteiger partial charge in [0.1, 0.15) is 5.60 Å². The second-order valence-corrected chi connectivity index (χ2v) is 8.72. The van der Waals surface area contributed by atoms with Crippen LogP contribution >= 0.6 is 22.6 Å². The Balaban J connectivity index is 1.66. The van der Waals surface area contributed by atoms with Crippen molar-refractivity contribution in [3.05, 3.63) is 60.2 Å². The van der Waals surface area contributed by atoms with Crippen LogP contribution in [0.25, 0.3) is 21.5 Å². The highest BCUT2D eigenvalue weighted by atomic mass is 127. The maximum absolute atomic E-state index is 12.0. The fourth-order valence-corrected chi connectivity index (χ4v) is 3.60. The summed E-state index contributed by atoms with van der Waals surface area (Å²) in [7, 11) is 0. The van der Waals surface area contributed by atoms with E-state index < -0.39 is 5.60 Å². The Morgan fingerprint density at radius 2 is 1.75 bits per heavy atom. The average molecular weight is 490 g/mol. The summed E-state index contributed by atoms with van der Waals surface area (Å²) in [5.74, 6) is -0.218. The van der Waals surface area contributed by atoms with Gasteiger partial charge in [0.15, 0.2) is 0 Å². The zero-order chi connectivity index (χ0) is 20.1. The van der Waals surface area contributed by atoms with Crippen LogP contribution in [0.5, 0.6) is 0 Å². The first-order valence-electron chi connectivity index (χ1n) is 9.67. The van der Waals surface area contributed by atoms with E-state index in [1.165, 1.54) is 27.1 Å². The topological polar surface area (TPSA) is 35.5 Å². The first-order chi connectivity index (χ1) is 13.4. The number of carbonyl (C=O) groups is 1. The smallest absolute Gasteiger partial charge is 0.309 e. The minimum atomic E-state index is -0.525. The zero-order valence-corrected chi connectivity index (χ0v) is 18.9. The standard InChI is InChI=1S/C24H27IO3/c1-17(15-25)23(26)28-24(2,3)13-14-27-16-20-9-6-8-19-12-11-18-7-4-5-10-21(18)22(19)20/h4-12,17H,13-16H2,1-3H3. The molecule has 3 nitrogen and oxygen atoms in total. The molecular weight excluding hydrogens is 463 g/mol. The van der Waals surface area contributed by atoms with Crippen molar-refractivity contribution in [2.75, 3.05) is 11.0 Å². The number of rotatable bonds is 8. The number of halogens is 1. The highest BCUT2D eigenvalue weighted by Crippen LogP contribution is 2.29. The third-order valence-electron chi connectivity index (χ3n) is 4.97. The maximum Gasteiger partial charge on any atom is 0.309 e. The van der Waals surface area contributed by atoms with Crippen LogP contribution in [0, 0.1) is 5.92 Å². The molecule has 0 amide bonds. The highest BCUT2D eigenvalue weighted by Gasteiger charge is 2.25. The van der Waals surface area contributed by atoms with Crippen LogP contribution in [-0.2, 0) is 20.9 Å². The fourth-order valence-electron chi connectivity index (χ4n) is 3.24. The summed E-state index contributed by atoms with van der Waals surface area (Å²) in [6, 6.07) is 19.1. The lowest BCUT2D eigenvalue weighted by atomic mass is 9.98. The molecule has 3 aromatic carbocycles. The summed E-state index contributed by atoms with van der Waals surface area (Å²) in [6.45, 7) is 6.87. The Morgan fingerprint density at radius 3 is 2.54 bits per heavy atom. The molecule has 0 radical (unpaired) electrons. The van der Waals surface area contributed by atoms with Gasteiger partial charge >= 0.3 is 5.97 Å². The van der Waals surface area contributed by atoms with Crippen LogP contribution in [0.2, 0.25) is 0 Å². The van der Waals surface area contributed by atoms with Crippen molar-refractivity contribution in [2.24, 2.45) is 5.92 Å². The van der Waals surface area contributed by atoms with Crippen molar-refractivity contribution in [1.29, 1.82) is 0 Å². The molecule has 1 unspecified atom stereocenters. The van der Waals surface area contributed by atoms with Gasteiger partial charge in [-0.25, -0.2) is 0 Å². The van der Waals surface area contributed by atoms with Crippen molar-refractivity contribution < 1.29 is 14.3 Å². The van der Waals surface area contributed by atoms with Gasteiger partial charge in [-0.1, -0.05) is 84.1 Å². The molecule has 4 heteroatoms. The molecular formula is C24H27IO3. The summed E-state index contributed by atoms with van der Waals surface area (Å²) in [4.78, 5) is 12.0. The van der Waals surface area contributed by atoms with Crippen LogP contribution in [-0.4, -0.2) is 22.6 Å². The van der Waals surface area contributed by atoms with E-state index in [1.54, 1.807) is 0 Å². The number of benzene rings is 3. The first-order valence-corrected chi connectivity index (χ1v) is 11.2. The average Bonchev–Trinajstić information content (AvgIpc) is 2.70. The second kappa shape index (κ2) is 9.23. The van der Waals surface area contributed by atoms with Gasteiger partial charge in [-0.05, 0) is 41.0 Å². The molecule has 3 rings (SSSR count). The van der Waals surface area contributed by atoms with Gasteiger partial charge in [0, 0.05) is 10.8 Å². The van der Waals surface area contributed by atoms with Crippen molar-refractivity contribution in [3.8, 4) is 0 Å². The van der Waals surface area contributed by atoms with E-state index in [-0.39, 0.29) is 11.9 Å². The monoisotopic (exact) mass is 490 g/mol. The molecule has 0 aromatic heterocycles. The Labute approximate surface area is 180 Å². The quantitative estimate of drug-likeness (QED) is 0.122. The molecule has 0 heterocycles. The Morgan fingerprint density at radius 1 is 1.04 bits per heavy atom. The number of ether oxygens (including phenoxy) is 2. The van der Waals surface area contributed by atoms with Crippen LogP contribution in [0.3, 0.4) is 0 Å². The molecule has 0 saturated carbocycles. The Hall–Kier alpha value is -1.66. The minimum Gasteiger partial charge on any atom is -0.459 e. The molecule has 3 aromatic rings. The van der Waals surface area contributed by atoms with Gasteiger partial charge in [-0.3, -0.25) is 4.79 Å². The number of hydrogen-bond acceptors (Lipinski definition) is 3. The number of alkyl halides is 1. The van der Waals surface area contributed by atoms with Gasteiger partial charge in [0.25, 0.3) is 0 Å². The Bertz CT molecular complexity index is 964. The molecule has 0 spiro atoms. The predicted molar refractivity (Wildman–Crippen MR) is 124 cm³/mol. The lowest BCUT2D eigenvalue weighted by Crippen LogP contribution is -2.32. The number of carbonyl (C=O) groups excluding carboxylic acids is 1. The van der Waals surface area contributed by atoms with Gasteiger partial charge in [-0.15, -0.1) is 0 Å². The summed E-state index contributed by atoms with van der Waals surface area (Å²) in [5, 5.41) is 4.96. The molecule has 0 bridgehead atoms. The highest BCUT2D eigenvalue weighted by molar-refractivity contribution is 14.1. The molecule has 0 aliphatic heterocycles. The molecule has 148 valence electrons. The first kappa shape index (κ1) is 21.1. The molecule has 0 N–H and O–H groups in total. The van der Waals surface area contributed by atoms with Crippen LogP contribution < -0.4 is 0 Å². The van der Waals surface area contributed by atoms with Gasteiger partial charge in [-0.2, -0.15) is 0 Å². The minimum absolute atomic E-state index is 0.0789. The van der Waals surface area contributed by atoms with E-state index in [2.05, 4.69) is 77.2 Å². The number of esters is 1. The van der Waals surface area contributed by atoms with Crippen LogP contribution in [0.4, 0.5) is 0 Å². The zero-order valence-electron chi connectivity index (χ0n) is 16.7. The van der Waals surface area contributed by atoms with Crippen LogP contribution in [0.1, 0.15) is 32.8 Å². The molecule has 0 fully saturated rings. The number of hydrogen-bond donors (Lipinski definition) is 0. The third kappa shape index (κ3) is 5.03. The van der Waals surface area contributed by atoms with Gasteiger partial charge < -0.3 is 9.47 Å². The normalized spacial score (nSPS) is 13.0. The summed E-state index contributed by atoms with van der Waals surface area (Å²) < 4.78 is 12.4. The van der Waals surface area contributed by atoms with E-state index in [9.17, 15) is 4.79 Å². The van der Waals surface area contributed by atoms with E-state index in [0.717, 1.165) is 4.43 Å². The third-order valence-corrected chi connectivity index (χ3v) is 6.29. The van der Waals surface area contributed by atoms with E-state index in [4.69, 9.17) is 9.47 Å². The van der Waals surface area contributed by atoms with Crippen molar-refractivity contribution >= 4 is 50.1 Å². The Kier molecular flexibility index (Phi) is 6.94. The molecule has 1 atom stereocenters. The van der Waals surface area contributed by atoms with Crippen molar-refractivity contribution in [2.45, 2.75) is 39.4 Å². The predicted octanol–water partition coefficient (Wildman–Crippen LogP) is 6.29. The van der Waals surface area contributed by atoms with Crippen LogP contribution in [0.15, 0.2) is 54.6 Å².